The third-order valence-corrected chi connectivity index (χ3v) is 2.23. The Bertz CT molecular complexity index is 334. The smallest absolute Gasteiger partial charge is 0.169 e. The summed E-state index contributed by atoms with van der Waals surface area (Å²) in [6.45, 7) is 0. The highest BCUT2D eigenvalue weighted by Crippen LogP contribution is 2.31. The van der Waals surface area contributed by atoms with E-state index in [9.17, 15) is 0 Å². The summed E-state index contributed by atoms with van der Waals surface area (Å²) in [4.78, 5) is 0. The van der Waals surface area contributed by atoms with Crippen molar-refractivity contribution in [2.24, 2.45) is 0 Å². The van der Waals surface area contributed by atoms with Crippen LogP contribution in [0.3, 0.4) is 0 Å². The molecule has 0 fully saturated rings. The van der Waals surface area contributed by atoms with Gasteiger partial charge in [-0.05, 0) is 24.1 Å². The van der Waals surface area contributed by atoms with Crippen LogP contribution in [0.25, 0.3) is 0 Å². The average Bonchev–Trinajstić information content (AvgIpc) is 2.18. The Morgan fingerprint density at radius 3 is 2.62 bits per heavy atom. The van der Waals surface area contributed by atoms with Gasteiger partial charge in [-0.15, -0.1) is 0 Å². The molecule has 0 radical (unpaired) electrons. The summed E-state index contributed by atoms with van der Waals surface area (Å²) in [7, 11) is 0. The van der Waals surface area contributed by atoms with Gasteiger partial charge < -0.3 is 9.47 Å². The zero-order chi connectivity index (χ0) is 9.10. The number of hydrogen-bond donors (Lipinski definition) is 0. The van der Waals surface area contributed by atoms with Crippen LogP contribution < -0.4 is 9.47 Å². The molecule has 0 unspecified atom stereocenters. The highest BCUT2D eigenvalue weighted by atomic mass is 79.9. The molecule has 68 valence electrons. The highest BCUT2D eigenvalue weighted by Gasteiger charge is 2.07. The van der Waals surface area contributed by atoms with Gasteiger partial charge in [-0.3, -0.25) is 0 Å². The third-order valence-electron chi connectivity index (χ3n) is 1.84. The summed E-state index contributed by atoms with van der Waals surface area (Å²) in [5.74, 6) is 1.57. The van der Waals surface area contributed by atoms with E-state index in [1.54, 1.807) is 6.26 Å². The Kier molecular flexibility index (Phi) is 2.54. The van der Waals surface area contributed by atoms with Crippen LogP contribution in [0, 0.1) is 0 Å². The first-order chi connectivity index (χ1) is 6.40. The van der Waals surface area contributed by atoms with E-state index in [4.69, 9.17) is 9.47 Å². The minimum atomic E-state index is 0.779. The predicted octanol–water partition coefficient (Wildman–Crippen LogP) is 2.87. The molecule has 1 heterocycles. The fourth-order valence-electron chi connectivity index (χ4n) is 1.21. The van der Waals surface area contributed by atoms with E-state index in [1.807, 2.05) is 18.2 Å². The number of hydrogen-bond acceptors (Lipinski definition) is 2. The van der Waals surface area contributed by atoms with Gasteiger partial charge in [0.15, 0.2) is 11.5 Å². The van der Waals surface area contributed by atoms with Crippen LogP contribution >= 0.6 is 15.9 Å². The number of halogens is 1. The Labute approximate surface area is 85.3 Å². The molecule has 1 aromatic carbocycles. The first-order valence-corrected chi connectivity index (χ1v) is 5.19. The average molecular weight is 241 g/mol. The van der Waals surface area contributed by atoms with Gasteiger partial charge in [-0.2, -0.15) is 0 Å². The maximum atomic E-state index is 5.29. The van der Waals surface area contributed by atoms with Crippen LogP contribution in [0.15, 0.2) is 30.7 Å². The quantitative estimate of drug-likeness (QED) is 0.741. The van der Waals surface area contributed by atoms with Crippen molar-refractivity contribution >= 4 is 15.9 Å². The number of aryl methyl sites for hydroxylation is 1. The van der Waals surface area contributed by atoms with E-state index in [-0.39, 0.29) is 0 Å². The lowest BCUT2D eigenvalue weighted by Crippen LogP contribution is -1.97. The fourth-order valence-corrected chi connectivity index (χ4v) is 1.67. The number of ether oxygens (including phenoxy) is 2. The molecule has 0 saturated heterocycles. The standard InChI is InChI=1S/C10H9BrO2/c11-4-3-8-1-2-9-10(7-8)13-6-5-12-9/h1-2,5-7H,3-4H2. The number of fused-ring (bicyclic) bond motifs is 1. The molecule has 3 heteroatoms. The van der Waals surface area contributed by atoms with E-state index in [0.29, 0.717) is 0 Å². The molecule has 0 aliphatic carbocycles. The van der Waals surface area contributed by atoms with Gasteiger partial charge in [0, 0.05) is 5.33 Å². The lowest BCUT2D eigenvalue weighted by Gasteiger charge is -2.12. The number of alkyl halides is 1. The first kappa shape index (κ1) is 8.63. The normalized spacial score (nSPS) is 13.0. The topological polar surface area (TPSA) is 18.5 Å². The van der Waals surface area contributed by atoms with Crippen molar-refractivity contribution in [1.29, 1.82) is 0 Å². The molecule has 0 atom stereocenters. The minimum Gasteiger partial charge on any atom is -0.458 e. The summed E-state index contributed by atoms with van der Waals surface area (Å²) in [5, 5.41) is 0.961. The highest BCUT2D eigenvalue weighted by molar-refractivity contribution is 9.09. The summed E-state index contributed by atoms with van der Waals surface area (Å²) in [6.07, 6.45) is 4.08. The molecule has 1 aliphatic rings. The molecule has 0 aromatic heterocycles. The van der Waals surface area contributed by atoms with Gasteiger partial charge in [0.2, 0.25) is 0 Å². The van der Waals surface area contributed by atoms with E-state index in [1.165, 1.54) is 11.8 Å². The van der Waals surface area contributed by atoms with Crippen LogP contribution in [0.2, 0.25) is 0 Å². The van der Waals surface area contributed by atoms with Crippen molar-refractivity contribution in [2.75, 3.05) is 5.33 Å². The van der Waals surface area contributed by atoms with E-state index in [2.05, 4.69) is 15.9 Å². The second kappa shape index (κ2) is 3.83. The van der Waals surface area contributed by atoms with Crippen LogP contribution in [0.5, 0.6) is 11.5 Å². The predicted molar refractivity (Wildman–Crippen MR) is 54.3 cm³/mol. The maximum absolute atomic E-state index is 5.29. The van der Waals surface area contributed by atoms with Crippen molar-refractivity contribution in [2.45, 2.75) is 6.42 Å². The van der Waals surface area contributed by atoms with Crippen LogP contribution in [-0.4, -0.2) is 5.33 Å². The van der Waals surface area contributed by atoms with Gasteiger partial charge in [-0.1, -0.05) is 22.0 Å². The molecule has 0 spiro atoms. The Hall–Kier alpha value is -0.960. The first-order valence-electron chi connectivity index (χ1n) is 4.07. The van der Waals surface area contributed by atoms with Gasteiger partial charge in [0.25, 0.3) is 0 Å². The molecular weight excluding hydrogens is 232 g/mol. The van der Waals surface area contributed by atoms with Crippen LogP contribution in [-0.2, 0) is 6.42 Å². The zero-order valence-corrected chi connectivity index (χ0v) is 8.58. The molecule has 2 rings (SSSR count). The van der Waals surface area contributed by atoms with Crippen LogP contribution in [0.4, 0.5) is 0 Å². The maximum Gasteiger partial charge on any atom is 0.169 e. The van der Waals surface area contributed by atoms with Crippen molar-refractivity contribution < 1.29 is 9.47 Å². The Balaban J connectivity index is 2.27. The van der Waals surface area contributed by atoms with E-state index >= 15 is 0 Å². The number of benzene rings is 1. The van der Waals surface area contributed by atoms with Gasteiger partial charge in [0.05, 0.1) is 0 Å². The molecular formula is C10H9BrO2. The zero-order valence-electron chi connectivity index (χ0n) is 7.00. The molecule has 2 nitrogen and oxygen atoms in total. The molecule has 0 bridgehead atoms. The monoisotopic (exact) mass is 240 g/mol. The van der Waals surface area contributed by atoms with Gasteiger partial charge in [0.1, 0.15) is 12.5 Å². The van der Waals surface area contributed by atoms with Crippen molar-refractivity contribution in [3.63, 3.8) is 0 Å². The Morgan fingerprint density at radius 2 is 1.85 bits per heavy atom. The lowest BCUT2D eigenvalue weighted by atomic mass is 10.1. The van der Waals surface area contributed by atoms with Crippen molar-refractivity contribution in [3.05, 3.63) is 36.3 Å². The minimum absolute atomic E-state index is 0.779. The summed E-state index contributed by atoms with van der Waals surface area (Å²) in [5.41, 5.74) is 1.24. The largest absolute Gasteiger partial charge is 0.458 e. The summed E-state index contributed by atoms with van der Waals surface area (Å²) < 4.78 is 10.5. The second-order valence-electron chi connectivity index (χ2n) is 2.73. The van der Waals surface area contributed by atoms with E-state index < -0.39 is 0 Å². The molecule has 13 heavy (non-hydrogen) atoms. The second-order valence-corrected chi connectivity index (χ2v) is 3.52. The van der Waals surface area contributed by atoms with Gasteiger partial charge in [-0.25, -0.2) is 0 Å². The Morgan fingerprint density at radius 1 is 1.08 bits per heavy atom. The molecule has 0 saturated carbocycles. The SMILES string of the molecule is BrCCc1ccc2c(c1)OC=CO2. The van der Waals surface area contributed by atoms with Crippen molar-refractivity contribution in [1.82, 2.24) is 0 Å². The summed E-state index contributed by atoms with van der Waals surface area (Å²) in [6, 6.07) is 5.97. The third kappa shape index (κ3) is 1.86. The van der Waals surface area contributed by atoms with Gasteiger partial charge >= 0.3 is 0 Å². The lowest BCUT2D eigenvalue weighted by molar-refractivity contribution is 0.361. The van der Waals surface area contributed by atoms with Crippen molar-refractivity contribution in [3.8, 4) is 11.5 Å². The molecule has 0 N–H and O–H groups in total. The van der Waals surface area contributed by atoms with E-state index in [0.717, 1.165) is 23.2 Å². The summed E-state index contributed by atoms with van der Waals surface area (Å²) >= 11 is 3.40. The fraction of sp³-hybridized carbons (Fsp3) is 0.200. The van der Waals surface area contributed by atoms with Crippen LogP contribution in [0.1, 0.15) is 5.56 Å². The molecule has 1 aromatic rings. The molecule has 0 amide bonds. The number of rotatable bonds is 2. The molecule has 1 aliphatic heterocycles.